The Hall–Kier alpha value is -1.55. The van der Waals surface area contributed by atoms with Gasteiger partial charge < -0.3 is 0 Å². The van der Waals surface area contributed by atoms with Gasteiger partial charge in [-0.1, -0.05) is 42.3 Å². The van der Waals surface area contributed by atoms with Crippen LogP contribution in [0.5, 0.6) is 0 Å². The zero-order valence-corrected chi connectivity index (χ0v) is 9.58. The van der Waals surface area contributed by atoms with Crippen LogP contribution in [-0.2, 0) is 6.42 Å². The minimum absolute atomic E-state index is 0.511. The zero-order chi connectivity index (χ0) is 11.2. The van der Waals surface area contributed by atoms with E-state index in [-0.39, 0.29) is 0 Å². The summed E-state index contributed by atoms with van der Waals surface area (Å²) in [7, 11) is 0. The SMILES string of the molecule is N#CCc1cccc(C=C2CCCCC2)c1. The van der Waals surface area contributed by atoms with Crippen molar-refractivity contribution in [3.63, 3.8) is 0 Å². The fourth-order valence-electron chi connectivity index (χ4n) is 2.27. The molecule has 1 saturated carbocycles. The Labute approximate surface area is 97.4 Å². The van der Waals surface area contributed by atoms with Crippen LogP contribution in [0.2, 0.25) is 0 Å². The highest BCUT2D eigenvalue weighted by Gasteiger charge is 2.05. The van der Waals surface area contributed by atoms with E-state index in [1.165, 1.54) is 37.7 Å². The normalized spacial score (nSPS) is 15.6. The van der Waals surface area contributed by atoms with Gasteiger partial charge in [0.2, 0.25) is 0 Å². The Morgan fingerprint density at radius 1 is 1.19 bits per heavy atom. The molecule has 0 aliphatic heterocycles. The van der Waals surface area contributed by atoms with Crippen molar-refractivity contribution in [3.05, 3.63) is 41.0 Å². The summed E-state index contributed by atoms with van der Waals surface area (Å²) >= 11 is 0. The molecule has 82 valence electrons. The first kappa shape index (κ1) is 11.0. The summed E-state index contributed by atoms with van der Waals surface area (Å²) in [4.78, 5) is 0. The maximum Gasteiger partial charge on any atom is 0.0669 e. The van der Waals surface area contributed by atoms with Crippen molar-refractivity contribution >= 4 is 6.08 Å². The Morgan fingerprint density at radius 2 is 2.00 bits per heavy atom. The van der Waals surface area contributed by atoms with Crippen LogP contribution in [0.4, 0.5) is 0 Å². The van der Waals surface area contributed by atoms with Crippen LogP contribution in [0.15, 0.2) is 29.8 Å². The molecule has 0 unspecified atom stereocenters. The number of hydrogen-bond donors (Lipinski definition) is 0. The molecule has 1 aliphatic carbocycles. The minimum Gasteiger partial charge on any atom is -0.198 e. The first-order chi connectivity index (χ1) is 7.88. The van der Waals surface area contributed by atoms with Gasteiger partial charge in [0.05, 0.1) is 12.5 Å². The lowest BCUT2D eigenvalue weighted by Crippen LogP contribution is -1.93. The molecule has 1 aromatic carbocycles. The first-order valence-corrected chi connectivity index (χ1v) is 6.04. The zero-order valence-electron chi connectivity index (χ0n) is 9.58. The van der Waals surface area contributed by atoms with Crippen molar-refractivity contribution in [1.82, 2.24) is 0 Å². The predicted octanol–water partition coefficient (Wildman–Crippen LogP) is 4.10. The number of rotatable bonds is 2. The molecule has 2 rings (SSSR count). The van der Waals surface area contributed by atoms with E-state index in [2.05, 4.69) is 24.3 Å². The van der Waals surface area contributed by atoms with Crippen LogP contribution in [0.25, 0.3) is 6.08 Å². The van der Waals surface area contributed by atoms with Gasteiger partial charge in [0.15, 0.2) is 0 Å². The van der Waals surface area contributed by atoms with Crippen molar-refractivity contribution in [3.8, 4) is 6.07 Å². The number of nitrogens with zero attached hydrogens (tertiary/aromatic N) is 1. The molecular formula is C15H17N. The van der Waals surface area contributed by atoms with E-state index in [0.29, 0.717) is 6.42 Å². The van der Waals surface area contributed by atoms with Gasteiger partial charge in [0.25, 0.3) is 0 Å². The highest BCUT2D eigenvalue weighted by Crippen LogP contribution is 2.25. The summed E-state index contributed by atoms with van der Waals surface area (Å²) in [6.07, 6.45) is 9.38. The molecule has 0 radical (unpaired) electrons. The lowest BCUT2D eigenvalue weighted by atomic mass is 9.93. The molecular weight excluding hydrogens is 194 g/mol. The third-order valence-electron chi connectivity index (χ3n) is 3.10. The van der Waals surface area contributed by atoms with Gasteiger partial charge in [0, 0.05) is 0 Å². The Bertz CT molecular complexity index is 415. The third kappa shape index (κ3) is 2.97. The van der Waals surface area contributed by atoms with Crippen LogP contribution in [0.3, 0.4) is 0 Å². The van der Waals surface area contributed by atoms with Crippen molar-refractivity contribution in [2.45, 2.75) is 38.5 Å². The van der Waals surface area contributed by atoms with Crippen molar-refractivity contribution in [1.29, 1.82) is 5.26 Å². The second-order valence-corrected chi connectivity index (χ2v) is 4.44. The third-order valence-corrected chi connectivity index (χ3v) is 3.10. The Kier molecular flexibility index (Phi) is 3.77. The Balaban J connectivity index is 2.14. The van der Waals surface area contributed by atoms with Gasteiger partial charge in [-0.05, 0) is 36.8 Å². The van der Waals surface area contributed by atoms with E-state index in [1.807, 2.05) is 12.1 Å². The number of benzene rings is 1. The largest absolute Gasteiger partial charge is 0.198 e. The molecule has 0 saturated heterocycles. The molecule has 1 fully saturated rings. The fraction of sp³-hybridized carbons (Fsp3) is 0.400. The average molecular weight is 211 g/mol. The number of allylic oxidation sites excluding steroid dienone is 1. The van der Waals surface area contributed by atoms with Gasteiger partial charge in [-0.3, -0.25) is 0 Å². The molecule has 0 aromatic heterocycles. The van der Waals surface area contributed by atoms with E-state index in [0.717, 1.165) is 5.56 Å². The molecule has 0 atom stereocenters. The smallest absolute Gasteiger partial charge is 0.0669 e. The first-order valence-electron chi connectivity index (χ1n) is 6.04. The summed E-state index contributed by atoms with van der Waals surface area (Å²) < 4.78 is 0. The lowest BCUT2D eigenvalue weighted by molar-refractivity contribution is 0.602. The van der Waals surface area contributed by atoms with Crippen LogP contribution in [0.1, 0.15) is 43.2 Å². The molecule has 0 bridgehead atoms. The fourth-order valence-corrected chi connectivity index (χ4v) is 2.27. The quantitative estimate of drug-likeness (QED) is 0.722. The van der Waals surface area contributed by atoms with Crippen LogP contribution >= 0.6 is 0 Å². The summed E-state index contributed by atoms with van der Waals surface area (Å²) in [5.74, 6) is 0. The molecule has 0 amide bonds. The van der Waals surface area contributed by atoms with E-state index in [1.54, 1.807) is 5.57 Å². The van der Waals surface area contributed by atoms with E-state index < -0.39 is 0 Å². The maximum absolute atomic E-state index is 8.67. The minimum atomic E-state index is 0.511. The van der Waals surface area contributed by atoms with Gasteiger partial charge in [0.1, 0.15) is 0 Å². The standard InChI is InChI=1S/C15H17N/c16-10-9-14-7-4-8-15(12-14)11-13-5-2-1-3-6-13/h4,7-8,11-12H,1-3,5-6,9H2. The molecule has 1 aliphatic rings. The van der Waals surface area contributed by atoms with E-state index in [9.17, 15) is 0 Å². The second kappa shape index (κ2) is 5.51. The highest BCUT2D eigenvalue weighted by molar-refractivity contribution is 5.54. The molecule has 1 nitrogen and oxygen atoms in total. The summed E-state index contributed by atoms with van der Waals surface area (Å²) in [6, 6.07) is 10.5. The average Bonchev–Trinajstić information content (AvgIpc) is 2.31. The maximum atomic E-state index is 8.67. The summed E-state index contributed by atoms with van der Waals surface area (Å²) in [6.45, 7) is 0. The van der Waals surface area contributed by atoms with Crippen molar-refractivity contribution < 1.29 is 0 Å². The van der Waals surface area contributed by atoms with Gasteiger partial charge >= 0.3 is 0 Å². The van der Waals surface area contributed by atoms with Gasteiger partial charge in [-0.2, -0.15) is 5.26 Å². The van der Waals surface area contributed by atoms with E-state index in [4.69, 9.17) is 5.26 Å². The van der Waals surface area contributed by atoms with Gasteiger partial charge in [-0.25, -0.2) is 0 Å². The second-order valence-electron chi connectivity index (χ2n) is 4.44. The summed E-state index contributed by atoms with van der Waals surface area (Å²) in [5, 5.41) is 8.67. The van der Waals surface area contributed by atoms with E-state index >= 15 is 0 Å². The van der Waals surface area contributed by atoms with Crippen molar-refractivity contribution in [2.24, 2.45) is 0 Å². The van der Waals surface area contributed by atoms with Gasteiger partial charge in [-0.15, -0.1) is 0 Å². The Morgan fingerprint density at radius 3 is 2.75 bits per heavy atom. The lowest BCUT2D eigenvalue weighted by Gasteiger charge is -2.13. The molecule has 1 aromatic rings. The predicted molar refractivity (Wildman–Crippen MR) is 66.8 cm³/mol. The molecule has 1 heteroatoms. The van der Waals surface area contributed by atoms with Crippen molar-refractivity contribution in [2.75, 3.05) is 0 Å². The highest BCUT2D eigenvalue weighted by atomic mass is 14.2. The molecule has 0 N–H and O–H groups in total. The monoisotopic (exact) mass is 211 g/mol. The number of nitriles is 1. The number of hydrogen-bond acceptors (Lipinski definition) is 1. The van der Waals surface area contributed by atoms with Crippen LogP contribution < -0.4 is 0 Å². The van der Waals surface area contributed by atoms with Crippen LogP contribution in [0, 0.1) is 11.3 Å². The molecule has 0 heterocycles. The van der Waals surface area contributed by atoms with Crippen LogP contribution in [-0.4, -0.2) is 0 Å². The molecule has 0 spiro atoms. The molecule has 16 heavy (non-hydrogen) atoms. The summed E-state index contributed by atoms with van der Waals surface area (Å²) in [5.41, 5.74) is 3.94. The topological polar surface area (TPSA) is 23.8 Å².